The lowest BCUT2D eigenvalue weighted by molar-refractivity contribution is 0.0325. The molecule has 0 unspecified atom stereocenters. The molecule has 8 heteroatoms. The zero-order valence-corrected chi connectivity index (χ0v) is 17.6. The van der Waals surface area contributed by atoms with Gasteiger partial charge in [0.05, 0.1) is 42.3 Å². The molecular weight excluding hydrogens is 405 g/mol. The summed E-state index contributed by atoms with van der Waals surface area (Å²) < 4.78 is 31.3. The van der Waals surface area contributed by atoms with E-state index in [9.17, 15) is 4.39 Å². The van der Waals surface area contributed by atoms with E-state index in [1.54, 1.807) is 11.3 Å². The molecule has 0 fully saturated rings. The molecule has 0 radical (unpaired) electrons. The minimum Gasteiger partial charge on any atom is -0.491 e. The van der Waals surface area contributed by atoms with Crippen LogP contribution in [-0.4, -0.2) is 56.1 Å². The molecule has 4 aromatic rings. The number of thiazole rings is 1. The van der Waals surface area contributed by atoms with Crippen LogP contribution in [0.5, 0.6) is 5.75 Å². The second-order valence-electron chi connectivity index (χ2n) is 6.60. The summed E-state index contributed by atoms with van der Waals surface area (Å²) in [5, 5.41) is 3.13. The number of anilines is 1. The first-order chi connectivity index (χ1) is 14.8. The predicted octanol–water partition coefficient (Wildman–Crippen LogP) is 4.64. The van der Waals surface area contributed by atoms with E-state index in [-0.39, 0.29) is 6.61 Å². The lowest BCUT2D eigenvalue weighted by atomic mass is 10.1. The van der Waals surface area contributed by atoms with Crippen molar-refractivity contribution in [3.05, 3.63) is 48.7 Å². The van der Waals surface area contributed by atoms with Gasteiger partial charge in [0.15, 0.2) is 4.96 Å². The lowest BCUT2D eigenvalue weighted by Crippen LogP contribution is -2.11. The van der Waals surface area contributed by atoms with Crippen LogP contribution in [0.15, 0.2) is 48.7 Å². The second kappa shape index (κ2) is 9.88. The zero-order valence-electron chi connectivity index (χ0n) is 16.8. The van der Waals surface area contributed by atoms with Crippen LogP contribution in [0.2, 0.25) is 0 Å². The number of benzene rings is 2. The molecule has 0 saturated carbocycles. The number of aromatic nitrogens is 2. The molecule has 0 amide bonds. The molecular formula is C22H24FN3O3S. The zero-order chi connectivity index (χ0) is 20.8. The molecule has 1 N–H and O–H groups in total. The number of fused-ring (bicyclic) bond motifs is 3. The van der Waals surface area contributed by atoms with Crippen molar-refractivity contribution >= 4 is 32.2 Å². The van der Waals surface area contributed by atoms with Gasteiger partial charge in [-0.25, -0.2) is 9.37 Å². The molecule has 2 heterocycles. The maximum atomic E-state index is 11.9. The van der Waals surface area contributed by atoms with Crippen molar-refractivity contribution < 1.29 is 18.6 Å². The number of rotatable bonds is 11. The van der Waals surface area contributed by atoms with Crippen LogP contribution in [0, 0.1) is 0 Å². The van der Waals surface area contributed by atoms with Crippen LogP contribution >= 0.6 is 11.3 Å². The first-order valence-corrected chi connectivity index (χ1v) is 10.6. The van der Waals surface area contributed by atoms with Gasteiger partial charge in [0.2, 0.25) is 0 Å². The Bertz CT molecular complexity index is 1090. The predicted molar refractivity (Wildman–Crippen MR) is 119 cm³/mol. The van der Waals surface area contributed by atoms with E-state index in [0.717, 1.165) is 37.9 Å². The molecule has 0 aliphatic carbocycles. The van der Waals surface area contributed by atoms with Gasteiger partial charge >= 0.3 is 0 Å². The third-order valence-corrected chi connectivity index (χ3v) is 5.64. The summed E-state index contributed by atoms with van der Waals surface area (Å²) in [6.45, 7) is 1.39. The maximum Gasteiger partial charge on any atom is 0.195 e. The Hall–Kier alpha value is -2.68. The Balaban J connectivity index is 1.38. The minimum absolute atomic E-state index is 0.119. The average molecular weight is 430 g/mol. The summed E-state index contributed by atoms with van der Waals surface area (Å²) in [7, 11) is 1.91. The summed E-state index contributed by atoms with van der Waals surface area (Å²) in [4.78, 5) is 5.74. The Morgan fingerprint density at radius 2 is 1.77 bits per heavy atom. The van der Waals surface area contributed by atoms with E-state index in [0.29, 0.717) is 26.4 Å². The molecule has 30 heavy (non-hydrogen) atoms. The number of hydrogen-bond acceptors (Lipinski definition) is 6. The normalized spacial score (nSPS) is 11.4. The first-order valence-electron chi connectivity index (χ1n) is 9.82. The lowest BCUT2D eigenvalue weighted by Gasteiger charge is -2.07. The van der Waals surface area contributed by atoms with Crippen molar-refractivity contribution in [3.63, 3.8) is 0 Å². The fourth-order valence-corrected chi connectivity index (χ4v) is 4.15. The summed E-state index contributed by atoms with van der Waals surface area (Å²) in [5.41, 5.74) is 4.23. The highest BCUT2D eigenvalue weighted by molar-refractivity contribution is 7.23. The van der Waals surface area contributed by atoms with Gasteiger partial charge in [-0.15, -0.1) is 0 Å². The monoisotopic (exact) mass is 429 g/mol. The summed E-state index contributed by atoms with van der Waals surface area (Å²) in [6.07, 6.45) is 2.07. The Kier molecular flexibility index (Phi) is 6.78. The summed E-state index contributed by atoms with van der Waals surface area (Å²) in [6, 6.07) is 14.3. The quantitative estimate of drug-likeness (QED) is 0.352. The molecule has 158 valence electrons. The van der Waals surface area contributed by atoms with Crippen molar-refractivity contribution in [2.75, 3.05) is 52.1 Å². The van der Waals surface area contributed by atoms with Gasteiger partial charge < -0.3 is 19.5 Å². The molecule has 2 aromatic carbocycles. The standard InChI is InChI=1S/C22H24FN3O3S/c1-24-17-4-2-16(3-5-17)19-15-26-20-7-6-18(14-21(20)30-22(26)25-19)29-13-12-28-11-10-27-9-8-23/h2-7,14-15,24H,8-13H2,1H3. The average Bonchev–Trinajstić information content (AvgIpc) is 3.33. The van der Waals surface area contributed by atoms with Gasteiger partial charge in [-0.2, -0.15) is 0 Å². The highest BCUT2D eigenvalue weighted by atomic mass is 32.1. The Labute approximate surface area is 178 Å². The third kappa shape index (κ3) is 4.72. The van der Waals surface area contributed by atoms with Crippen molar-refractivity contribution in [2.24, 2.45) is 0 Å². The van der Waals surface area contributed by atoms with Crippen LogP contribution in [0.3, 0.4) is 0 Å². The molecule has 2 aromatic heterocycles. The van der Waals surface area contributed by atoms with Gasteiger partial charge in [0, 0.05) is 24.5 Å². The van der Waals surface area contributed by atoms with Crippen LogP contribution in [0.4, 0.5) is 10.1 Å². The van der Waals surface area contributed by atoms with Crippen molar-refractivity contribution in [1.29, 1.82) is 0 Å². The molecule has 6 nitrogen and oxygen atoms in total. The Morgan fingerprint density at radius 3 is 2.53 bits per heavy atom. The number of ether oxygens (including phenoxy) is 3. The molecule has 0 aliphatic rings. The third-order valence-electron chi connectivity index (χ3n) is 4.62. The van der Waals surface area contributed by atoms with Crippen LogP contribution in [0.25, 0.3) is 26.4 Å². The van der Waals surface area contributed by atoms with Crippen molar-refractivity contribution in [3.8, 4) is 17.0 Å². The first kappa shape index (κ1) is 20.6. The number of imidazole rings is 1. The Morgan fingerprint density at radius 1 is 1.00 bits per heavy atom. The van der Waals surface area contributed by atoms with E-state index >= 15 is 0 Å². The van der Waals surface area contributed by atoms with E-state index in [1.165, 1.54) is 0 Å². The second-order valence-corrected chi connectivity index (χ2v) is 7.61. The molecule has 0 aliphatic heterocycles. The molecule has 4 rings (SSSR count). The summed E-state index contributed by atoms with van der Waals surface area (Å²) in [5.74, 6) is 0.798. The fourth-order valence-electron chi connectivity index (χ4n) is 3.11. The summed E-state index contributed by atoms with van der Waals surface area (Å²) >= 11 is 1.64. The van der Waals surface area contributed by atoms with E-state index in [1.807, 2.05) is 31.3 Å². The van der Waals surface area contributed by atoms with E-state index < -0.39 is 6.67 Å². The highest BCUT2D eigenvalue weighted by Gasteiger charge is 2.11. The highest BCUT2D eigenvalue weighted by Crippen LogP contribution is 2.32. The molecule has 0 spiro atoms. The van der Waals surface area contributed by atoms with Crippen LogP contribution < -0.4 is 10.1 Å². The van der Waals surface area contributed by atoms with E-state index in [4.69, 9.17) is 19.2 Å². The molecule has 0 atom stereocenters. The number of alkyl halides is 1. The number of nitrogens with one attached hydrogen (secondary N) is 1. The maximum absolute atomic E-state index is 11.9. The smallest absolute Gasteiger partial charge is 0.195 e. The van der Waals surface area contributed by atoms with Crippen LogP contribution in [-0.2, 0) is 9.47 Å². The number of nitrogens with zero attached hydrogens (tertiary/aromatic N) is 2. The van der Waals surface area contributed by atoms with Gasteiger partial charge in [-0.1, -0.05) is 23.5 Å². The van der Waals surface area contributed by atoms with Gasteiger partial charge in [0.1, 0.15) is 19.0 Å². The number of hydrogen-bond donors (Lipinski definition) is 1. The molecule has 0 bridgehead atoms. The molecule has 0 saturated heterocycles. The minimum atomic E-state index is -0.468. The SMILES string of the molecule is CNc1ccc(-c2cn3c(n2)sc2cc(OCCOCCOCCF)ccc23)cc1. The van der Waals surface area contributed by atoms with Gasteiger partial charge in [-0.05, 0) is 30.3 Å². The number of halogens is 1. The largest absolute Gasteiger partial charge is 0.491 e. The van der Waals surface area contributed by atoms with Crippen molar-refractivity contribution in [2.45, 2.75) is 0 Å². The topological polar surface area (TPSA) is 57.0 Å². The van der Waals surface area contributed by atoms with E-state index in [2.05, 4.69) is 34.1 Å². The van der Waals surface area contributed by atoms with Gasteiger partial charge in [-0.3, -0.25) is 4.40 Å². The van der Waals surface area contributed by atoms with Crippen LogP contribution in [0.1, 0.15) is 0 Å². The fraction of sp³-hybridized carbons (Fsp3) is 0.318. The van der Waals surface area contributed by atoms with Gasteiger partial charge in [0.25, 0.3) is 0 Å². The van der Waals surface area contributed by atoms with Crippen molar-refractivity contribution in [1.82, 2.24) is 9.38 Å².